The van der Waals surface area contributed by atoms with Gasteiger partial charge in [-0.1, -0.05) is 30.3 Å². The van der Waals surface area contributed by atoms with Crippen molar-refractivity contribution in [1.29, 1.82) is 5.26 Å². The van der Waals surface area contributed by atoms with E-state index in [1.807, 2.05) is 34.9 Å². The number of rotatable bonds is 6. The van der Waals surface area contributed by atoms with Crippen molar-refractivity contribution < 1.29 is 14.2 Å². The van der Waals surface area contributed by atoms with Crippen molar-refractivity contribution in [2.45, 2.75) is 31.3 Å². The molecule has 0 aliphatic carbocycles. The minimum absolute atomic E-state index is 0.193. The summed E-state index contributed by atoms with van der Waals surface area (Å²) in [6, 6.07) is 23.0. The molecular weight excluding hydrogens is 407 g/mol. The quantitative estimate of drug-likeness (QED) is 0.443. The topological polar surface area (TPSA) is 86.4 Å². The summed E-state index contributed by atoms with van der Waals surface area (Å²) >= 11 is 0. The van der Waals surface area contributed by atoms with Crippen LogP contribution in [-0.2, 0) is 10.3 Å². The molecule has 1 fully saturated rings. The van der Waals surface area contributed by atoms with Gasteiger partial charge in [-0.2, -0.15) is 5.26 Å². The van der Waals surface area contributed by atoms with Gasteiger partial charge in [0, 0.05) is 12.1 Å². The van der Waals surface area contributed by atoms with Crippen LogP contribution in [0.2, 0.25) is 0 Å². The van der Waals surface area contributed by atoms with Crippen LogP contribution in [0.3, 0.4) is 0 Å². The maximum Gasteiger partial charge on any atom is 0.210 e. The van der Waals surface area contributed by atoms with Gasteiger partial charge in [0.2, 0.25) is 5.95 Å². The monoisotopic (exact) mass is 428 g/mol. The van der Waals surface area contributed by atoms with Crippen molar-refractivity contribution in [2.75, 3.05) is 5.32 Å². The fourth-order valence-electron chi connectivity index (χ4n) is 3.95. The summed E-state index contributed by atoms with van der Waals surface area (Å²) in [6.07, 6.45) is -0.0951. The van der Waals surface area contributed by atoms with E-state index in [0.717, 1.165) is 11.1 Å². The molecule has 32 heavy (non-hydrogen) atoms. The van der Waals surface area contributed by atoms with E-state index in [-0.39, 0.29) is 18.1 Å². The number of nitrogens with one attached hydrogen (secondary N) is 1. The average molecular weight is 428 g/mol. The Morgan fingerprint density at radius 3 is 2.62 bits per heavy atom. The van der Waals surface area contributed by atoms with Gasteiger partial charge in [0.15, 0.2) is 6.23 Å². The van der Waals surface area contributed by atoms with Gasteiger partial charge < -0.3 is 15.2 Å². The lowest BCUT2D eigenvalue weighted by molar-refractivity contribution is 0.0396. The summed E-state index contributed by atoms with van der Waals surface area (Å²) in [5.74, 6) is 0.188. The highest BCUT2D eigenvalue weighted by Crippen LogP contribution is 2.37. The van der Waals surface area contributed by atoms with Gasteiger partial charge in [0.1, 0.15) is 11.9 Å². The van der Waals surface area contributed by atoms with Crippen LogP contribution in [0.15, 0.2) is 72.8 Å². The van der Waals surface area contributed by atoms with E-state index in [2.05, 4.69) is 16.4 Å². The maximum absolute atomic E-state index is 13.5. The number of halogens is 1. The Morgan fingerprint density at radius 1 is 1.16 bits per heavy atom. The van der Waals surface area contributed by atoms with E-state index in [4.69, 9.17) is 4.74 Å². The molecule has 2 unspecified atom stereocenters. The predicted octanol–water partition coefficient (Wildman–Crippen LogP) is 4.47. The lowest BCUT2D eigenvalue weighted by Gasteiger charge is -2.22. The Kier molecular flexibility index (Phi) is 4.89. The van der Waals surface area contributed by atoms with E-state index >= 15 is 0 Å². The van der Waals surface area contributed by atoms with Crippen molar-refractivity contribution in [3.63, 3.8) is 0 Å². The van der Waals surface area contributed by atoms with Crippen LogP contribution < -0.4 is 5.32 Å². The second-order valence-electron chi connectivity index (χ2n) is 8.15. The summed E-state index contributed by atoms with van der Waals surface area (Å²) in [4.78, 5) is 4.66. The Hall–Kier alpha value is -3.73. The summed E-state index contributed by atoms with van der Waals surface area (Å²) in [6.45, 7) is 1.78. The van der Waals surface area contributed by atoms with E-state index in [1.54, 1.807) is 37.3 Å². The van der Waals surface area contributed by atoms with Gasteiger partial charge in [0.25, 0.3) is 0 Å². The molecular formula is C25H21FN4O2. The Balaban J connectivity index is 1.43. The SMILES string of the molecule is C[C@@](O)(CC1OC1Nc1nc2ccc(C#N)cc2n1-c1ccc(F)cc1)c1ccccc1. The summed E-state index contributed by atoms with van der Waals surface area (Å²) in [5, 5.41) is 23.5. The molecule has 1 saturated heterocycles. The zero-order chi connectivity index (χ0) is 22.3. The Labute approximate surface area is 184 Å². The molecule has 160 valence electrons. The summed E-state index contributed by atoms with van der Waals surface area (Å²) in [5.41, 5.74) is 2.45. The second kappa shape index (κ2) is 7.75. The molecule has 0 saturated carbocycles. The van der Waals surface area contributed by atoms with Crippen LogP contribution in [0, 0.1) is 17.1 Å². The number of epoxide rings is 1. The molecule has 0 bridgehead atoms. The summed E-state index contributed by atoms with van der Waals surface area (Å²) in [7, 11) is 0. The number of benzene rings is 3. The number of nitriles is 1. The molecule has 2 N–H and O–H groups in total. The van der Waals surface area contributed by atoms with Crippen LogP contribution in [-0.4, -0.2) is 27.0 Å². The van der Waals surface area contributed by atoms with Gasteiger partial charge in [-0.25, -0.2) is 9.37 Å². The normalized spacial score (nSPS) is 19.3. The van der Waals surface area contributed by atoms with Crippen molar-refractivity contribution >= 4 is 17.0 Å². The number of hydrogen-bond donors (Lipinski definition) is 2. The fourth-order valence-corrected chi connectivity index (χ4v) is 3.95. The van der Waals surface area contributed by atoms with Crippen LogP contribution in [0.5, 0.6) is 0 Å². The molecule has 6 nitrogen and oxygen atoms in total. The van der Waals surface area contributed by atoms with Gasteiger partial charge in [-0.3, -0.25) is 4.57 Å². The number of nitrogens with zero attached hydrogens (tertiary/aromatic N) is 3. The second-order valence-corrected chi connectivity index (χ2v) is 8.15. The van der Waals surface area contributed by atoms with E-state index in [9.17, 15) is 14.8 Å². The summed E-state index contributed by atoms with van der Waals surface area (Å²) < 4.78 is 21.1. The van der Waals surface area contributed by atoms with E-state index in [0.29, 0.717) is 29.1 Å². The number of ether oxygens (including phenoxy) is 1. The number of fused-ring (bicyclic) bond motifs is 1. The first kappa shape index (κ1) is 20.2. The number of aliphatic hydroxyl groups is 1. The highest BCUT2D eigenvalue weighted by molar-refractivity contribution is 5.82. The lowest BCUT2D eigenvalue weighted by Crippen LogP contribution is -2.25. The standard InChI is InChI=1S/C25H21FN4O2/c1-25(31,17-5-3-2-4-6-17)14-22-23(32-22)29-24-28-20-12-7-16(15-27)13-21(20)30(24)19-10-8-18(26)9-11-19/h2-13,22-23,31H,14H2,1H3,(H,28,29)/t22?,23?,25-/m1/s1. The largest absolute Gasteiger partial charge is 0.385 e. The molecule has 1 aromatic heterocycles. The molecule has 0 amide bonds. The van der Waals surface area contributed by atoms with Gasteiger partial charge in [-0.05, 0) is 55.0 Å². The number of aromatic nitrogens is 2. The van der Waals surface area contributed by atoms with Gasteiger partial charge in [0.05, 0.1) is 28.3 Å². The Bertz CT molecular complexity index is 1310. The third kappa shape index (κ3) is 3.82. The molecule has 1 aliphatic heterocycles. The predicted molar refractivity (Wildman–Crippen MR) is 119 cm³/mol. The van der Waals surface area contributed by atoms with Crippen molar-refractivity contribution in [3.8, 4) is 11.8 Å². The van der Waals surface area contributed by atoms with Crippen LogP contribution in [0.4, 0.5) is 10.3 Å². The molecule has 5 rings (SSSR count). The number of anilines is 1. The van der Waals surface area contributed by atoms with Crippen LogP contribution in [0.1, 0.15) is 24.5 Å². The Morgan fingerprint density at radius 2 is 1.91 bits per heavy atom. The molecule has 2 heterocycles. The zero-order valence-corrected chi connectivity index (χ0v) is 17.4. The lowest BCUT2D eigenvalue weighted by atomic mass is 9.91. The molecule has 7 heteroatoms. The molecule has 1 aliphatic rings. The van der Waals surface area contributed by atoms with Crippen molar-refractivity contribution in [1.82, 2.24) is 9.55 Å². The molecule has 3 atom stereocenters. The molecule has 4 aromatic rings. The van der Waals surface area contributed by atoms with Crippen LogP contribution >= 0.6 is 0 Å². The first-order valence-corrected chi connectivity index (χ1v) is 10.3. The van der Waals surface area contributed by atoms with E-state index in [1.165, 1.54) is 12.1 Å². The van der Waals surface area contributed by atoms with E-state index < -0.39 is 5.60 Å². The smallest absolute Gasteiger partial charge is 0.210 e. The van der Waals surface area contributed by atoms with Crippen molar-refractivity contribution in [2.24, 2.45) is 0 Å². The van der Waals surface area contributed by atoms with Gasteiger partial charge >= 0.3 is 0 Å². The average Bonchev–Trinajstić information content (AvgIpc) is 3.41. The first-order valence-electron chi connectivity index (χ1n) is 10.3. The van der Waals surface area contributed by atoms with Gasteiger partial charge in [-0.15, -0.1) is 0 Å². The zero-order valence-electron chi connectivity index (χ0n) is 17.4. The number of hydrogen-bond acceptors (Lipinski definition) is 5. The minimum Gasteiger partial charge on any atom is -0.385 e. The number of imidazole rings is 1. The minimum atomic E-state index is -1.03. The van der Waals surface area contributed by atoms with Crippen LogP contribution in [0.25, 0.3) is 16.7 Å². The molecule has 0 spiro atoms. The third-order valence-electron chi connectivity index (χ3n) is 5.72. The first-order chi connectivity index (χ1) is 15.4. The molecule has 0 radical (unpaired) electrons. The highest BCUT2D eigenvalue weighted by atomic mass is 19.1. The third-order valence-corrected chi connectivity index (χ3v) is 5.72. The maximum atomic E-state index is 13.5. The fraction of sp³-hybridized carbons (Fsp3) is 0.200. The van der Waals surface area contributed by atoms with Crippen molar-refractivity contribution in [3.05, 3.63) is 89.7 Å². The highest BCUT2D eigenvalue weighted by Gasteiger charge is 2.44. The molecule has 3 aromatic carbocycles.